The molecule has 3 nitrogen and oxygen atoms in total. The topological polar surface area (TPSA) is 59.0 Å². The number of nitriles is 1. The highest BCUT2D eigenvalue weighted by molar-refractivity contribution is 5.35. The van der Waals surface area contributed by atoms with Gasteiger partial charge in [0.25, 0.3) is 0 Å². The van der Waals surface area contributed by atoms with Gasteiger partial charge in [0, 0.05) is 6.04 Å². The molecule has 0 bridgehead atoms. The highest BCUT2D eigenvalue weighted by Crippen LogP contribution is 2.19. The standard InChI is InChI=1S/C17H17FN2O/c1-2-17(20)13-4-6-15(7-5-13)21-11-12-3-8-16(18)14(9-12)10-19/h3-9,17H,2,11,20H2,1H3/t17-/m0/s1. The van der Waals surface area contributed by atoms with Gasteiger partial charge in [-0.25, -0.2) is 4.39 Å². The minimum atomic E-state index is -0.515. The van der Waals surface area contributed by atoms with Crippen LogP contribution in [0.4, 0.5) is 4.39 Å². The predicted molar refractivity (Wildman–Crippen MR) is 79.1 cm³/mol. The number of nitrogens with two attached hydrogens (primary N) is 1. The molecule has 0 unspecified atom stereocenters. The molecule has 0 saturated heterocycles. The zero-order valence-corrected chi connectivity index (χ0v) is 11.8. The molecular weight excluding hydrogens is 267 g/mol. The lowest BCUT2D eigenvalue weighted by atomic mass is 10.1. The van der Waals surface area contributed by atoms with Crippen LogP contribution in [0.5, 0.6) is 5.75 Å². The molecular formula is C17H17FN2O. The average Bonchev–Trinajstić information content (AvgIpc) is 2.53. The number of ether oxygens (including phenoxy) is 1. The normalized spacial score (nSPS) is 11.7. The SMILES string of the molecule is CC[C@H](N)c1ccc(OCc2ccc(F)c(C#N)c2)cc1. The van der Waals surface area contributed by atoms with Crippen LogP contribution in [0.3, 0.4) is 0 Å². The Labute approximate surface area is 123 Å². The molecule has 108 valence electrons. The van der Waals surface area contributed by atoms with E-state index in [-0.39, 0.29) is 18.2 Å². The van der Waals surface area contributed by atoms with Crippen molar-refractivity contribution in [3.8, 4) is 11.8 Å². The summed E-state index contributed by atoms with van der Waals surface area (Å²) in [7, 11) is 0. The van der Waals surface area contributed by atoms with Crippen LogP contribution < -0.4 is 10.5 Å². The molecule has 2 aromatic carbocycles. The van der Waals surface area contributed by atoms with Crippen LogP contribution in [0.15, 0.2) is 42.5 Å². The fourth-order valence-electron chi connectivity index (χ4n) is 1.96. The smallest absolute Gasteiger partial charge is 0.140 e. The maximum Gasteiger partial charge on any atom is 0.140 e. The molecule has 0 aliphatic heterocycles. The Morgan fingerprint density at radius 2 is 1.95 bits per heavy atom. The van der Waals surface area contributed by atoms with Crippen LogP contribution in [0, 0.1) is 17.1 Å². The summed E-state index contributed by atoms with van der Waals surface area (Å²) >= 11 is 0. The van der Waals surface area contributed by atoms with Gasteiger partial charge >= 0.3 is 0 Å². The number of benzene rings is 2. The van der Waals surface area contributed by atoms with Crippen molar-refractivity contribution < 1.29 is 9.13 Å². The van der Waals surface area contributed by atoms with E-state index in [1.165, 1.54) is 12.1 Å². The van der Waals surface area contributed by atoms with Crippen LogP contribution in [-0.4, -0.2) is 0 Å². The summed E-state index contributed by atoms with van der Waals surface area (Å²) in [5, 5.41) is 8.79. The van der Waals surface area contributed by atoms with E-state index in [9.17, 15) is 4.39 Å². The van der Waals surface area contributed by atoms with Crippen molar-refractivity contribution in [3.05, 3.63) is 65.0 Å². The Balaban J connectivity index is 2.02. The van der Waals surface area contributed by atoms with Crippen molar-refractivity contribution in [2.24, 2.45) is 5.73 Å². The molecule has 1 atom stereocenters. The fraction of sp³-hybridized carbons (Fsp3) is 0.235. The molecule has 0 spiro atoms. The van der Waals surface area contributed by atoms with Gasteiger partial charge in [-0.15, -0.1) is 0 Å². The molecule has 2 aromatic rings. The molecule has 0 fully saturated rings. The second-order valence-electron chi connectivity index (χ2n) is 4.80. The summed E-state index contributed by atoms with van der Waals surface area (Å²) in [4.78, 5) is 0. The highest BCUT2D eigenvalue weighted by Gasteiger charge is 2.05. The number of hydrogen-bond acceptors (Lipinski definition) is 3. The quantitative estimate of drug-likeness (QED) is 0.911. The first-order valence-corrected chi connectivity index (χ1v) is 6.81. The molecule has 21 heavy (non-hydrogen) atoms. The van der Waals surface area contributed by atoms with Crippen LogP contribution >= 0.6 is 0 Å². The van der Waals surface area contributed by atoms with Gasteiger partial charge in [0.2, 0.25) is 0 Å². The molecule has 2 N–H and O–H groups in total. The lowest BCUT2D eigenvalue weighted by molar-refractivity contribution is 0.306. The minimum absolute atomic E-state index is 0.0281. The summed E-state index contributed by atoms with van der Waals surface area (Å²) in [5.41, 5.74) is 7.80. The van der Waals surface area contributed by atoms with Gasteiger partial charge in [-0.05, 0) is 41.8 Å². The third-order valence-electron chi connectivity index (χ3n) is 3.30. The molecule has 2 rings (SSSR count). The van der Waals surface area contributed by atoms with Crippen LogP contribution in [-0.2, 0) is 6.61 Å². The largest absolute Gasteiger partial charge is 0.489 e. The first-order valence-electron chi connectivity index (χ1n) is 6.81. The molecule has 0 heterocycles. The predicted octanol–water partition coefficient (Wildman–Crippen LogP) is 3.69. The molecule has 0 aliphatic carbocycles. The van der Waals surface area contributed by atoms with E-state index in [4.69, 9.17) is 15.7 Å². The van der Waals surface area contributed by atoms with Crippen LogP contribution in [0.2, 0.25) is 0 Å². The van der Waals surface area contributed by atoms with E-state index in [0.717, 1.165) is 17.5 Å². The molecule has 0 amide bonds. The van der Waals surface area contributed by atoms with E-state index >= 15 is 0 Å². The van der Waals surface area contributed by atoms with Crippen molar-refractivity contribution in [2.75, 3.05) is 0 Å². The lowest BCUT2D eigenvalue weighted by Gasteiger charge is -2.11. The van der Waals surface area contributed by atoms with Crippen LogP contribution in [0.1, 0.15) is 36.1 Å². The maximum absolute atomic E-state index is 13.2. The first-order chi connectivity index (χ1) is 10.1. The summed E-state index contributed by atoms with van der Waals surface area (Å²) < 4.78 is 18.8. The van der Waals surface area contributed by atoms with Crippen molar-refractivity contribution in [2.45, 2.75) is 26.0 Å². The lowest BCUT2D eigenvalue weighted by Crippen LogP contribution is -2.08. The van der Waals surface area contributed by atoms with Gasteiger partial charge in [0.1, 0.15) is 24.2 Å². The Bertz CT molecular complexity index is 647. The second-order valence-corrected chi connectivity index (χ2v) is 4.80. The molecule has 0 saturated carbocycles. The first kappa shape index (κ1) is 15.0. The van der Waals surface area contributed by atoms with Crippen molar-refractivity contribution >= 4 is 0 Å². The Morgan fingerprint density at radius 3 is 2.57 bits per heavy atom. The van der Waals surface area contributed by atoms with E-state index in [1.807, 2.05) is 37.3 Å². The third-order valence-corrected chi connectivity index (χ3v) is 3.30. The zero-order chi connectivity index (χ0) is 15.2. The molecule has 4 heteroatoms. The molecule has 0 aliphatic rings. The Morgan fingerprint density at radius 1 is 1.24 bits per heavy atom. The maximum atomic E-state index is 13.2. The molecule has 0 aromatic heterocycles. The number of halogens is 1. The van der Waals surface area contributed by atoms with Gasteiger partial charge in [-0.2, -0.15) is 5.26 Å². The van der Waals surface area contributed by atoms with Gasteiger partial charge in [0.15, 0.2) is 0 Å². The molecule has 0 radical (unpaired) electrons. The number of nitrogens with zero attached hydrogens (tertiary/aromatic N) is 1. The van der Waals surface area contributed by atoms with Crippen molar-refractivity contribution in [1.82, 2.24) is 0 Å². The second kappa shape index (κ2) is 6.87. The summed E-state index contributed by atoms with van der Waals surface area (Å²) in [6.07, 6.45) is 0.882. The zero-order valence-electron chi connectivity index (χ0n) is 11.8. The van der Waals surface area contributed by atoms with Gasteiger partial charge in [-0.3, -0.25) is 0 Å². The van der Waals surface area contributed by atoms with Crippen molar-refractivity contribution in [1.29, 1.82) is 5.26 Å². The van der Waals surface area contributed by atoms with E-state index < -0.39 is 5.82 Å². The number of hydrogen-bond donors (Lipinski definition) is 1. The van der Waals surface area contributed by atoms with Gasteiger partial charge < -0.3 is 10.5 Å². The summed E-state index contributed by atoms with van der Waals surface area (Å²) in [6.45, 7) is 2.32. The van der Waals surface area contributed by atoms with E-state index in [2.05, 4.69) is 0 Å². The fourth-order valence-corrected chi connectivity index (χ4v) is 1.96. The summed E-state index contributed by atoms with van der Waals surface area (Å²) in [6, 6.07) is 13.8. The van der Waals surface area contributed by atoms with Crippen molar-refractivity contribution in [3.63, 3.8) is 0 Å². The van der Waals surface area contributed by atoms with Gasteiger partial charge in [0.05, 0.1) is 5.56 Å². The number of rotatable bonds is 5. The van der Waals surface area contributed by atoms with E-state index in [0.29, 0.717) is 5.75 Å². The monoisotopic (exact) mass is 284 g/mol. The van der Waals surface area contributed by atoms with Crippen LogP contribution in [0.25, 0.3) is 0 Å². The average molecular weight is 284 g/mol. The third kappa shape index (κ3) is 3.80. The Hall–Kier alpha value is -2.38. The highest BCUT2D eigenvalue weighted by atomic mass is 19.1. The van der Waals surface area contributed by atoms with Gasteiger partial charge in [-0.1, -0.05) is 25.1 Å². The Kier molecular flexibility index (Phi) is 4.91. The minimum Gasteiger partial charge on any atom is -0.489 e. The van der Waals surface area contributed by atoms with E-state index in [1.54, 1.807) is 6.07 Å². The summed E-state index contributed by atoms with van der Waals surface area (Å²) in [5.74, 6) is 0.198.